The average Bonchev–Trinajstić information content (AvgIpc) is 2.94. The number of ketones is 1. The number of Topliss-reactive ketones (excluding diaryl/α,β-unsaturated/α-hetero) is 1. The Morgan fingerprint density at radius 3 is 2.89 bits per heavy atom. The van der Waals surface area contributed by atoms with Crippen LogP contribution < -0.4 is 0 Å². The molecule has 0 aliphatic heterocycles. The van der Waals surface area contributed by atoms with Crippen LogP contribution in [0.3, 0.4) is 0 Å². The summed E-state index contributed by atoms with van der Waals surface area (Å²) < 4.78 is 5.99. The highest BCUT2D eigenvalue weighted by molar-refractivity contribution is 7.18. The van der Waals surface area contributed by atoms with E-state index < -0.39 is 0 Å². The molecule has 0 amide bonds. The molecule has 0 radical (unpaired) electrons. The fourth-order valence-corrected chi connectivity index (χ4v) is 2.91. The lowest BCUT2D eigenvalue weighted by Crippen LogP contribution is -2.02. The Labute approximate surface area is 112 Å². The SMILES string of the molecule is O=C(Cc1nc2ccccc2s1)c1ccoc1Cl. The van der Waals surface area contributed by atoms with E-state index in [1.807, 2.05) is 24.3 Å². The number of furan rings is 1. The van der Waals surface area contributed by atoms with Gasteiger partial charge in [-0.25, -0.2) is 4.98 Å². The van der Waals surface area contributed by atoms with Crippen LogP contribution in [0.4, 0.5) is 0 Å². The highest BCUT2D eigenvalue weighted by Crippen LogP contribution is 2.24. The van der Waals surface area contributed by atoms with Gasteiger partial charge >= 0.3 is 0 Å². The summed E-state index contributed by atoms with van der Waals surface area (Å²) in [6.45, 7) is 0. The van der Waals surface area contributed by atoms with E-state index in [1.54, 1.807) is 6.07 Å². The summed E-state index contributed by atoms with van der Waals surface area (Å²) in [7, 11) is 0. The maximum Gasteiger partial charge on any atom is 0.203 e. The van der Waals surface area contributed by atoms with Crippen molar-refractivity contribution in [2.45, 2.75) is 6.42 Å². The predicted molar refractivity (Wildman–Crippen MR) is 71.4 cm³/mol. The van der Waals surface area contributed by atoms with Gasteiger partial charge in [0.15, 0.2) is 5.78 Å². The Bertz CT molecular complexity index is 683. The summed E-state index contributed by atoms with van der Waals surface area (Å²) in [6, 6.07) is 9.40. The number of nitrogens with zero attached hydrogens (tertiary/aromatic N) is 1. The van der Waals surface area contributed by atoms with Gasteiger partial charge < -0.3 is 4.42 Å². The van der Waals surface area contributed by atoms with Gasteiger partial charge in [0, 0.05) is 0 Å². The van der Waals surface area contributed by atoms with E-state index in [0.29, 0.717) is 5.56 Å². The fourth-order valence-electron chi connectivity index (χ4n) is 1.72. The van der Waals surface area contributed by atoms with Crippen molar-refractivity contribution in [3.8, 4) is 0 Å². The molecule has 0 aliphatic rings. The Balaban J connectivity index is 1.88. The lowest BCUT2D eigenvalue weighted by molar-refractivity contribution is 0.0992. The molecule has 3 aromatic rings. The number of halogens is 1. The molecule has 0 bridgehead atoms. The summed E-state index contributed by atoms with van der Waals surface area (Å²) in [5.74, 6) is -0.0761. The predicted octanol–water partition coefficient (Wildman–Crippen LogP) is 3.97. The topological polar surface area (TPSA) is 43.1 Å². The molecule has 18 heavy (non-hydrogen) atoms. The summed E-state index contributed by atoms with van der Waals surface area (Å²) in [6.07, 6.45) is 1.66. The van der Waals surface area contributed by atoms with E-state index in [-0.39, 0.29) is 17.4 Å². The number of aromatic nitrogens is 1. The molecule has 0 N–H and O–H groups in total. The smallest absolute Gasteiger partial charge is 0.203 e. The van der Waals surface area contributed by atoms with Gasteiger partial charge in [0.2, 0.25) is 5.22 Å². The Morgan fingerprint density at radius 1 is 1.33 bits per heavy atom. The van der Waals surface area contributed by atoms with Gasteiger partial charge in [0.05, 0.1) is 28.5 Å². The van der Waals surface area contributed by atoms with Gasteiger partial charge in [-0.3, -0.25) is 4.79 Å². The fraction of sp³-hybridized carbons (Fsp3) is 0.0769. The Kier molecular flexibility index (Phi) is 2.89. The van der Waals surface area contributed by atoms with E-state index in [4.69, 9.17) is 16.0 Å². The first-order chi connectivity index (χ1) is 8.74. The lowest BCUT2D eigenvalue weighted by atomic mass is 10.2. The highest BCUT2D eigenvalue weighted by Gasteiger charge is 2.15. The summed E-state index contributed by atoms with van der Waals surface area (Å²) in [4.78, 5) is 16.4. The Hall–Kier alpha value is -1.65. The van der Waals surface area contributed by atoms with Gasteiger partial charge in [-0.05, 0) is 29.8 Å². The van der Waals surface area contributed by atoms with Gasteiger partial charge in [-0.2, -0.15) is 0 Å². The number of para-hydroxylation sites is 1. The van der Waals surface area contributed by atoms with Crippen molar-refractivity contribution in [2.75, 3.05) is 0 Å². The normalized spacial score (nSPS) is 10.9. The molecule has 3 rings (SSSR count). The minimum atomic E-state index is -0.0761. The van der Waals surface area contributed by atoms with Crippen molar-refractivity contribution in [3.05, 3.63) is 52.4 Å². The number of rotatable bonds is 3. The molecular formula is C13H8ClNO2S. The van der Waals surface area contributed by atoms with Crippen molar-refractivity contribution in [3.63, 3.8) is 0 Å². The van der Waals surface area contributed by atoms with Crippen LogP contribution in [-0.4, -0.2) is 10.8 Å². The van der Waals surface area contributed by atoms with Crippen molar-refractivity contribution in [1.29, 1.82) is 0 Å². The van der Waals surface area contributed by atoms with E-state index in [2.05, 4.69) is 4.98 Å². The highest BCUT2D eigenvalue weighted by atomic mass is 35.5. The maximum atomic E-state index is 12.0. The molecule has 0 fully saturated rings. The lowest BCUT2D eigenvalue weighted by Gasteiger charge is -1.94. The first-order valence-corrected chi connectivity index (χ1v) is 6.54. The minimum Gasteiger partial charge on any atom is -0.452 e. The number of carbonyl (C=O) groups is 1. The molecule has 0 saturated carbocycles. The molecule has 5 heteroatoms. The summed E-state index contributed by atoms with van der Waals surface area (Å²) >= 11 is 7.30. The van der Waals surface area contributed by atoms with Crippen LogP contribution in [0.15, 0.2) is 41.0 Å². The van der Waals surface area contributed by atoms with Crippen LogP contribution in [0.1, 0.15) is 15.4 Å². The van der Waals surface area contributed by atoms with E-state index in [0.717, 1.165) is 15.2 Å². The molecule has 2 heterocycles. The molecule has 0 unspecified atom stereocenters. The standard InChI is InChI=1S/C13H8ClNO2S/c14-13-8(5-6-17-13)10(16)7-12-15-9-3-1-2-4-11(9)18-12/h1-6H,7H2. The second-order valence-electron chi connectivity index (χ2n) is 3.78. The second kappa shape index (κ2) is 4.55. The van der Waals surface area contributed by atoms with Gasteiger partial charge in [0.25, 0.3) is 0 Å². The van der Waals surface area contributed by atoms with Crippen LogP contribution in [0.25, 0.3) is 10.2 Å². The van der Waals surface area contributed by atoms with Gasteiger partial charge in [0.1, 0.15) is 5.01 Å². The molecular weight excluding hydrogens is 270 g/mol. The van der Waals surface area contributed by atoms with Crippen molar-refractivity contribution >= 4 is 38.9 Å². The average molecular weight is 278 g/mol. The molecule has 0 atom stereocenters. The first-order valence-electron chi connectivity index (χ1n) is 5.34. The zero-order valence-electron chi connectivity index (χ0n) is 9.22. The molecule has 0 aliphatic carbocycles. The number of hydrogen-bond donors (Lipinski definition) is 0. The molecule has 90 valence electrons. The van der Waals surface area contributed by atoms with Crippen LogP contribution in [0.5, 0.6) is 0 Å². The van der Waals surface area contributed by atoms with Crippen LogP contribution in [0.2, 0.25) is 5.22 Å². The number of carbonyl (C=O) groups excluding carboxylic acids is 1. The monoisotopic (exact) mass is 277 g/mol. The number of thiazole rings is 1. The quantitative estimate of drug-likeness (QED) is 0.680. The molecule has 1 aromatic carbocycles. The third-order valence-corrected chi connectivity index (χ3v) is 3.90. The van der Waals surface area contributed by atoms with Crippen molar-refractivity contribution in [2.24, 2.45) is 0 Å². The minimum absolute atomic E-state index is 0.0761. The molecule has 0 spiro atoms. The maximum absolute atomic E-state index is 12.0. The third kappa shape index (κ3) is 2.05. The largest absolute Gasteiger partial charge is 0.452 e. The van der Waals surface area contributed by atoms with E-state index in [1.165, 1.54) is 17.6 Å². The van der Waals surface area contributed by atoms with Crippen LogP contribution in [0, 0.1) is 0 Å². The Morgan fingerprint density at radius 2 is 2.17 bits per heavy atom. The summed E-state index contributed by atoms with van der Waals surface area (Å²) in [5.41, 5.74) is 1.33. The number of benzene rings is 1. The van der Waals surface area contributed by atoms with Crippen molar-refractivity contribution in [1.82, 2.24) is 4.98 Å². The first kappa shape index (κ1) is 11.4. The van der Waals surface area contributed by atoms with E-state index in [9.17, 15) is 4.79 Å². The van der Waals surface area contributed by atoms with Crippen molar-refractivity contribution < 1.29 is 9.21 Å². The second-order valence-corrected chi connectivity index (χ2v) is 5.24. The van der Waals surface area contributed by atoms with Crippen LogP contribution in [-0.2, 0) is 6.42 Å². The summed E-state index contributed by atoms with van der Waals surface area (Å²) in [5, 5.41) is 0.930. The molecule has 3 nitrogen and oxygen atoms in total. The van der Waals surface area contributed by atoms with Gasteiger partial charge in [-0.15, -0.1) is 11.3 Å². The molecule has 0 saturated heterocycles. The third-order valence-electron chi connectivity index (χ3n) is 2.57. The number of fused-ring (bicyclic) bond motifs is 1. The zero-order valence-corrected chi connectivity index (χ0v) is 10.8. The van der Waals surface area contributed by atoms with E-state index >= 15 is 0 Å². The zero-order chi connectivity index (χ0) is 12.5. The number of hydrogen-bond acceptors (Lipinski definition) is 4. The van der Waals surface area contributed by atoms with Gasteiger partial charge in [-0.1, -0.05) is 12.1 Å². The molecule has 2 aromatic heterocycles. The van der Waals surface area contributed by atoms with Crippen LogP contribution >= 0.6 is 22.9 Å².